The van der Waals surface area contributed by atoms with Crippen molar-refractivity contribution in [2.24, 2.45) is 0 Å². The van der Waals surface area contributed by atoms with Gasteiger partial charge in [0.25, 0.3) is 0 Å². The number of alkyl halides is 3. The summed E-state index contributed by atoms with van der Waals surface area (Å²) in [7, 11) is -4.45. The molecule has 0 aliphatic heterocycles. The van der Waals surface area contributed by atoms with Crippen LogP contribution in [0.2, 0.25) is 0 Å². The van der Waals surface area contributed by atoms with Gasteiger partial charge in [0.05, 0.1) is 10.5 Å². The van der Waals surface area contributed by atoms with E-state index in [1.807, 2.05) is 20.8 Å². The number of nitrogens with zero attached hydrogens (tertiary/aromatic N) is 1. The molecule has 2 aromatic rings. The Morgan fingerprint density at radius 2 is 1.75 bits per heavy atom. The Hall–Kier alpha value is -2.79. The molecular weight excluding hydrogens is 391 g/mol. The van der Waals surface area contributed by atoms with Crippen LogP contribution in [0, 0.1) is 11.3 Å². The first kappa shape index (κ1) is 21.5. The molecule has 4 nitrogen and oxygen atoms in total. The van der Waals surface area contributed by atoms with Crippen molar-refractivity contribution in [1.29, 1.82) is 5.26 Å². The van der Waals surface area contributed by atoms with Crippen molar-refractivity contribution in [2.45, 2.75) is 37.3 Å². The second kappa shape index (κ2) is 7.32. The molecule has 0 spiro atoms. The molecule has 0 saturated carbocycles. The van der Waals surface area contributed by atoms with Crippen LogP contribution in [0.15, 0.2) is 52.3 Å². The second-order valence-corrected chi connectivity index (χ2v) is 9.09. The Labute approximate surface area is 161 Å². The largest absolute Gasteiger partial charge is 0.508 e. The third-order valence-corrected chi connectivity index (χ3v) is 5.66. The minimum absolute atomic E-state index is 0.0175. The molecule has 0 aromatic heterocycles. The maximum atomic E-state index is 12.9. The van der Waals surface area contributed by atoms with Gasteiger partial charge >= 0.3 is 6.18 Å². The zero-order valence-corrected chi connectivity index (χ0v) is 16.2. The number of halogens is 3. The average molecular weight is 409 g/mol. The molecular formula is C20H18F3NO3S. The monoisotopic (exact) mass is 409 g/mol. The van der Waals surface area contributed by atoms with Gasteiger partial charge < -0.3 is 5.11 Å². The van der Waals surface area contributed by atoms with Crippen molar-refractivity contribution in [2.75, 3.05) is 0 Å². The maximum Gasteiger partial charge on any atom is 0.416 e. The summed E-state index contributed by atoms with van der Waals surface area (Å²) in [6.45, 7) is 5.54. The van der Waals surface area contributed by atoms with Crippen LogP contribution in [-0.4, -0.2) is 13.5 Å². The summed E-state index contributed by atoms with van der Waals surface area (Å²) in [4.78, 5) is -1.32. The van der Waals surface area contributed by atoms with Gasteiger partial charge in [-0.15, -0.1) is 0 Å². The predicted octanol–water partition coefficient (Wildman–Crippen LogP) is 5.05. The SMILES string of the molecule is CC(C)(C)c1cc(/C=C(/C#N)S(=O)(=O)c2cccc(C(F)(F)F)c2)ccc1O. The number of allylic oxidation sites excluding steroid dienone is 1. The number of nitriles is 1. The van der Waals surface area contributed by atoms with Gasteiger partial charge in [-0.3, -0.25) is 0 Å². The van der Waals surface area contributed by atoms with Crippen LogP contribution < -0.4 is 0 Å². The smallest absolute Gasteiger partial charge is 0.416 e. The first-order valence-electron chi connectivity index (χ1n) is 8.14. The zero-order valence-electron chi connectivity index (χ0n) is 15.4. The van der Waals surface area contributed by atoms with Gasteiger partial charge in [0.2, 0.25) is 9.84 Å². The Kier molecular flexibility index (Phi) is 5.62. The van der Waals surface area contributed by atoms with Crippen molar-refractivity contribution in [3.63, 3.8) is 0 Å². The summed E-state index contributed by atoms with van der Waals surface area (Å²) in [5.74, 6) is 0.0175. The third kappa shape index (κ3) is 4.54. The van der Waals surface area contributed by atoms with Gasteiger partial charge in [0.15, 0.2) is 0 Å². The molecule has 0 aliphatic carbocycles. The minimum atomic E-state index is -4.71. The topological polar surface area (TPSA) is 78.2 Å². The molecule has 0 heterocycles. The van der Waals surface area contributed by atoms with E-state index in [1.54, 1.807) is 6.07 Å². The van der Waals surface area contributed by atoms with Crippen LogP contribution in [0.25, 0.3) is 6.08 Å². The van der Waals surface area contributed by atoms with E-state index in [4.69, 9.17) is 0 Å². The quantitative estimate of drug-likeness (QED) is 0.720. The van der Waals surface area contributed by atoms with Crippen LogP contribution in [0.5, 0.6) is 5.75 Å². The van der Waals surface area contributed by atoms with E-state index in [2.05, 4.69) is 0 Å². The van der Waals surface area contributed by atoms with Gasteiger partial charge in [0.1, 0.15) is 16.7 Å². The van der Waals surface area contributed by atoms with E-state index in [0.29, 0.717) is 17.2 Å². The number of benzene rings is 2. The van der Waals surface area contributed by atoms with E-state index in [1.165, 1.54) is 18.2 Å². The lowest BCUT2D eigenvalue weighted by atomic mass is 9.85. The number of sulfone groups is 1. The standard InChI is InChI=1S/C20H18F3NO3S/c1-19(2,3)17-10-13(7-8-18(17)25)9-16(12-24)28(26,27)15-6-4-5-14(11-15)20(21,22)23/h4-11,25H,1-3H3/b16-9-. The van der Waals surface area contributed by atoms with Gasteiger partial charge in [-0.2, -0.15) is 18.4 Å². The van der Waals surface area contributed by atoms with Crippen LogP contribution in [-0.2, 0) is 21.4 Å². The van der Waals surface area contributed by atoms with Crippen molar-refractivity contribution in [3.8, 4) is 11.8 Å². The Balaban J connectivity index is 2.58. The van der Waals surface area contributed by atoms with Crippen LogP contribution in [0.1, 0.15) is 37.5 Å². The molecule has 2 aromatic carbocycles. The van der Waals surface area contributed by atoms with Gasteiger partial charge in [-0.25, -0.2) is 8.42 Å². The summed E-state index contributed by atoms with van der Waals surface area (Å²) in [5, 5.41) is 19.3. The third-order valence-electron chi connectivity index (χ3n) is 4.00. The first-order chi connectivity index (χ1) is 12.8. The van der Waals surface area contributed by atoms with Crippen LogP contribution >= 0.6 is 0 Å². The van der Waals surface area contributed by atoms with Crippen molar-refractivity contribution in [1.82, 2.24) is 0 Å². The van der Waals surface area contributed by atoms with Crippen LogP contribution in [0.4, 0.5) is 13.2 Å². The van der Waals surface area contributed by atoms with Crippen LogP contribution in [0.3, 0.4) is 0 Å². The molecule has 148 valence electrons. The highest BCUT2D eigenvalue weighted by Crippen LogP contribution is 2.34. The van der Waals surface area contributed by atoms with Crippen molar-refractivity contribution < 1.29 is 26.7 Å². The van der Waals surface area contributed by atoms with E-state index in [0.717, 1.165) is 24.3 Å². The number of phenols is 1. The molecule has 8 heteroatoms. The molecule has 2 rings (SSSR count). The Morgan fingerprint density at radius 3 is 2.29 bits per heavy atom. The second-order valence-electron chi connectivity index (χ2n) is 7.18. The molecule has 0 unspecified atom stereocenters. The van der Waals surface area contributed by atoms with Gasteiger partial charge in [-0.1, -0.05) is 32.9 Å². The molecule has 0 bridgehead atoms. The molecule has 28 heavy (non-hydrogen) atoms. The average Bonchev–Trinajstić information content (AvgIpc) is 2.59. The Morgan fingerprint density at radius 1 is 1.11 bits per heavy atom. The summed E-state index contributed by atoms with van der Waals surface area (Å²) < 4.78 is 64.0. The number of aromatic hydroxyl groups is 1. The maximum absolute atomic E-state index is 12.9. The highest BCUT2D eigenvalue weighted by atomic mass is 32.2. The number of hydrogen-bond acceptors (Lipinski definition) is 4. The predicted molar refractivity (Wildman–Crippen MR) is 99.0 cm³/mol. The minimum Gasteiger partial charge on any atom is -0.508 e. The number of phenolic OH excluding ortho intramolecular Hbond substituents is 1. The fourth-order valence-corrected chi connectivity index (χ4v) is 3.74. The summed E-state index contributed by atoms with van der Waals surface area (Å²) in [5.41, 5.74) is -0.698. The molecule has 0 radical (unpaired) electrons. The fourth-order valence-electron chi connectivity index (χ4n) is 2.53. The summed E-state index contributed by atoms with van der Waals surface area (Å²) in [6, 6.07) is 9.11. The molecule has 1 N–H and O–H groups in total. The van der Waals surface area contributed by atoms with E-state index in [9.17, 15) is 32.0 Å². The van der Waals surface area contributed by atoms with Crippen molar-refractivity contribution >= 4 is 15.9 Å². The van der Waals surface area contributed by atoms with E-state index in [-0.39, 0.29) is 5.75 Å². The highest BCUT2D eigenvalue weighted by molar-refractivity contribution is 7.95. The molecule has 0 aliphatic rings. The lowest BCUT2D eigenvalue weighted by Gasteiger charge is -2.20. The lowest BCUT2D eigenvalue weighted by Crippen LogP contribution is -2.11. The zero-order chi connectivity index (χ0) is 21.3. The van der Waals surface area contributed by atoms with Gasteiger partial charge in [-0.05, 0) is 52.9 Å². The molecule has 0 amide bonds. The normalized spacial score (nSPS) is 13.2. The van der Waals surface area contributed by atoms with E-state index >= 15 is 0 Å². The molecule has 0 fully saturated rings. The van der Waals surface area contributed by atoms with Gasteiger partial charge in [0, 0.05) is 0 Å². The summed E-state index contributed by atoms with van der Waals surface area (Å²) in [6.07, 6.45) is -3.63. The van der Waals surface area contributed by atoms with Crippen molar-refractivity contribution in [3.05, 3.63) is 64.1 Å². The van der Waals surface area contributed by atoms with E-state index < -0.39 is 36.8 Å². The fraction of sp³-hybridized carbons (Fsp3) is 0.250. The first-order valence-corrected chi connectivity index (χ1v) is 9.63. The lowest BCUT2D eigenvalue weighted by molar-refractivity contribution is -0.137. The summed E-state index contributed by atoms with van der Waals surface area (Å²) >= 11 is 0. The number of rotatable bonds is 3. The molecule has 0 saturated heterocycles. The Bertz CT molecular complexity index is 1070. The number of hydrogen-bond donors (Lipinski definition) is 1. The molecule has 0 atom stereocenters. The highest BCUT2D eigenvalue weighted by Gasteiger charge is 2.32.